The number of nitrogens with one attached hydrogen (secondary N) is 1. The lowest BCUT2D eigenvalue weighted by atomic mass is 9.79. The Balaban J connectivity index is 1.56. The zero-order chi connectivity index (χ0) is 19.3. The molecule has 1 heterocycles. The Kier molecular flexibility index (Phi) is 4.54. The molecule has 6 heteroatoms. The Bertz CT molecular complexity index is 920. The van der Waals surface area contributed by atoms with Crippen molar-refractivity contribution < 1.29 is 14.7 Å². The molecule has 2 aliphatic rings. The summed E-state index contributed by atoms with van der Waals surface area (Å²) in [5, 5.41) is 13.0. The monoisotopic (exact) mass is 384 g/mol. The summed E-state index contributed by atoms with van der Waals surface area (Å²) in [5.74, 6) is -1.67. The van der Waals surface area contributed by atoms with Crippen molar-refractivity contribution in [1.29, 1.82) is 0 Å². The van der Waals surface area contributed by atoms with Crippen LogP contribution in [0.2, 0.25) is 0 Å². The summed E-state index contributed by atoms with van der Waals surface area (Å²) in [6.45, 7) is 6.15. The van der Waals surface area contributed by atoms with Gasteiger partial charge in [-0.3, -0.25) is 9.59 Å². The largest absolute Gasteiger partial charge is 0.481 e. The number of carbonyl (C=O) groups excluding carboxylic acids is 1. The fraction of sp³-hybridized carbons (Fsp3) is 0.476. The zero-order valence-corrected chi connectivity index (χ0v) is 16.6. The van der Waals surface area contributed by atoms with Gasteiger partial charge in [-0.1, -0.05) is 12.1 Å². The van der Waals surface area contributed by atoms with Crippen LogP contribution >= 0.6 is 11.3 Å². The lowest BCUT2D eigenvalue weighted by Crippen LogP contribution is -2.37. The van der Waals surface area contributed by atoms with E-state index in [1.165, 1.54) is 22.5 Å². The molecule has 1 aromatic carbocycles. The summed E-state index contributed by atoms with van der Waals surface area (Å²) in [4.78, 5) is 30.2. The number of fused-ring (bicyclic) bond motifs is 2. The Labute approximate surface area is 162 Å². The molecule has 2 N–H and O–H groups in total. The van der Waals surface area contributed by atoms with Crippen molar-refractivity contribution in [3.63, 3.8) is 0 Å². The number of nitrogens with zero attached hydrogens (tertiary/aromatic N) is 1. The minimum Gasteiger partial charge on any atom is -0.481 e. The molecule has 2 fully saturated rings. The highest BCUT2D eigenvalue weighted by Gasteiger charge is 2.54. The van der Waals surface area contributed by atoms with E-state index < -0.39 is 17.8 Å². The van der Waals surface area contributed by atoms with Crippen LogP contribution < -0.4 is 5.32 Å². The third kappa shape index (κ3) is 3.16. The van der Waals surface area contributed by atoms with Crippen LogP contribution in [0.25, 0.3) is 11.3 Å². The number of benzene rings is 1. The van der Waals surface area contributed by atoms with Gasteiger partial charge in [0.15, 0.2) is 5.13 Å². The van der Waals surface area contributed by atoms with E-state index in [1.54, 1.807) is 0 Å². The molecule has 2 aromatic rings. The second-order valence-corrected chi connectivity index (χ2v) is 9.14. The number of aliphatic carboxylic acids is 1. The Morgan fingerprint density at radius 3 is 2.48 bits per heavy atom. The molecule has 4 unspecified atom stereocenters. The maximum absolute atomic E-state index is 12.9. The van der Waals surface area contributed by atoms with Crippen molar-refractivity contribution >= 4 is 28.3 Å². The van der Waals surface area contributed by atoms with Crippen molar-refractivity contribution in [3.8, 4) is 11.3 Å². The van der Waals surface area contributed by atoms with E-state index >= 15 is 0 Å². The molecule has 1 amide bonds. The third-order valence-electron chi connectivity index (χ3n) is 6.31. The van der Waals surface area contributed by atoms with Gasteiger partial charge >= 0.3 is 5.97 Å². The minimum atomic E-state index is -0.839. The van der Waals surface area contributed by atoms with Gasteiger partial charge in [-0.15, -0.1) is 11.3 Å². The standard InChI is InChI=1S/C21H24N2O3S/c1-10-4-5-15(8-11(10)2)18-12(3)27-21(22-18)23-19(24)16-13-6-7-14(9-13)17(16)20(25)26/h4-5,8,13-14,16-17H,6-7,9H2,1-3H3,(H,25,26)(H,22,23,24). The van der Waals surface area contributed by atoms with Gasteiger partial charge in [0.1, 0.15) is 0 Å². The first-order chi connectivity index (χ1) is 12.8. The first-order valence-corrected chi connectivity index (χ1v) is 10.3. The van der Waals surface area contributed by atoms with Gasteiger partial charge in [-0.2, -0.15) is 0 Å². The molecule has 2 saturated carbocycles. The smallest absolute Gasteiger partial charge is 0.307 e. The fourth-order valence-corrected chi connectivity index (χ4v) is 5.66. The SMILES string of the molecule is Cc1ccc(-c2nc(NC(=O)C3C4CCC(C4)C3C(=O)O)sc2C)cc1C. The number of thiazole rings is 1. The van der Waals surface area contributed by atoms with Crippen molar-refractivity contribution in [2.24, 2.45) is 23.7 Å². The maximum Gasteiger partial charge on any atom is 0.307 e. The third-order valence-corrected chi connectivity index (χ3v) is 7.20. The normalized spacial score (nSPS) is 26.3. The van der Waals surface area contributed by atoms with Crippen LogP contribution in [0.4, 0.5) is 5.13 Å². The topological polar surface area (TPSA) is 79.3 Å². The molecule has 5 nitrogen and oxygen atoms in total. The number of hydrogen-bond donors (Lipinski definition) is 2. The summed E-state index contributed by atoms with van der Waals surface area (Å²) in [7, 11) is 0. The average molecular weight is 385 g/mol. The van der Waals surface area contributed by atoms with Crippen molar-refractivity contribution in [2.75, 3.05) is 5.32 Å². The van der Waals surface area contributed by atoms with Crippen LogP contribution in [0.1, 0.15) is 35.3 Å². The molecule has 4 rings (SSSR count). The van der Waals surface area contributed by atoms with Gasteiger partial charge in [-0.25, -0.2) is 4.98 Å². The molecule has 4 atom stereocenters. The molecule has 0 radical (unpaired) electrons. The first kappa shape index (κ1) is 18.2. The molecular weight excluding hydrogens is 360 g/mol. The fourth-order valence-electron chi connectivity index (χ4n) is 4.82. The van der Waals surface area contributed by atoms with Crippen LogP contribution in [0.15, 0.2) is 18.2 Å². The molecule has 142 valence electrons. The molecule has 0 spiro atoms. The average Bonchev–Trinajstić information content (AvgIpc) is 3.31. The minimum absolute atomic E-state index is 0.146. The molecule has 0 saturated heterocycles. The number of carbonyl (C=O) groups is 2. The summed E-state index contributed by atoms with van der Waals surface area (Å²) in [5.41, 5.74) is 4.35. The highest BCUT2D eigenvalue weighted by Crippen LogP contribution is 2.52. The molecule has 2 bridgehead atoms. The van der Waals surface area contributed by atoms with Gasteiger partial charge in [-0.05, 0) is 69.1 Å². The van der Waals surface area contributed by atoms with Gasteiger partial charge in [0.2, 0.25) is 5.91 Å². The number of aryl methyl sites for hydroxylation is 3. The zero-order valence-electron chi connectivity index (χ0n) is 15.8. The first-order valence-electron chi connectivity index (χ1n) is 9.44. The lowest BCUT2D eigenvalue weighted by molar-refractivity contribution is -0.148. The molecular formula is C21H24N2O3S. The number of amides is 1. The Morgan fingerprint density at radius 1 is 1.11 bits per heavy atom. The highest BCUT2D eigenvalue weighted by atomic mass is 32.1. The van der Waals surface area contributed by atoms with Gasteiger partial charge in [0, 0.05) is 10.4 Å². The van der Waals surface area contributed by atoms with Crippen molar-refractivity contribution in [3.05, 3.63) is 34.2 Å². The van der Waals surface area contributed by atoms with Crippen molar-refractivity contribution in [1.82, 2.24) is 4.98 Å². The van der Waals surface area contributed by atoms with E-state index in [0.29, 0.717) is 5.13 Å². The summed E-state index contributed by atoms with van der Waals surface area (Å²) >= 11 is 1.45. The van der Waals surface area contributed by atoms with E-state index in [4.69, 9.17) is 0 Å². The van der Waals surface area contributed by atoms with Crippen LogP contribution in [-0.2, 0) is 9.59 Å². The summed E-state index contributed by atoms with van der Waals surface area (Å²) < 4.78 is 0. The number of aromatic nitrogens is 1. The van der Waals surface area contributed by atoms with E-state index in [2.05, 4.69) is 36.3 Å². The van der Waals surface area contributed by atoms with E-state index in [9.17, 15) is 14.7 Å². The number of carboxylic acid groups (broad SMARTS) is 1. The predicted octanol–water partition coefficient (Wildman–Crippen LogP) is 4.42. The second kappa shape index (κ2) is 6.75. The van der Waals surface area contributed by atoms with Crippen LogP contribution in [0.5, 0.6) is 0 Å². The van der Waals surface area contributed by atoms with Crippen LogP contribution in [-0.4, -0.2) is 22.0 Å². The Hall–Kier alpha value is -2.21. The highest BCUT2D eigenvalue weighted by molar-refractivity contribution is 7.16. The number of anilines is 1. The van der Waals surface area contributed by atoms with Gasteiger partial charge in [0.25, 0.3) is 0 Å². The number of carboxylic acids is 1. The van der Waals surface area contributed by atoms with Gasteiger partial charge in [0.05, 0.1) is 17.5 Å². The molecule has 1 aromatic heterocycles. The van der Waals surface area contributed by atoms with E-state index in [0.717, 1.165) is 35.4 Å². The second-order valence-electron chi connectivity index (χ2n) is 7.94. The Morgan fingerprint density at radius 2 is 1.81 bits per heavy atom. The van der Waals surface area contributed by atoms with Crippen LogP contribution in [0.3, 0.4) is 0 Å². The van der Waals surface area contributed by atoms with E-state index in [-0.39, 0.29) is 17.7 Å². The van der Waals surface area contributed by atoms with Gasteiger partial charge < -0.3 is 10.4 Å². The maximum atomic E-state index is 12.9. The molecule has 2 aliphatic carbocycles. The van der Waals surface area contributed by atoms with Crippen LogP contribution in [0, 0.1) is 44.4 Å². The number of hydrogen-bond acceptors (Lipinski definition) is 4. The van der Waals surface area contributed by atoms with E-state index in [1.807, 2.05) is 13.0 Å². The predicted molar refractivity (Wildman–Crippen MR) is 106 cm³/mol. The molecule has 27 heavy (non-hydrogen) atoms. The lowest BCUT2D eigenvalue weighted by Gasteiger charge is -2.26. The molecule has 0 aliphatic heterocycles. The quantitative estimate of drug-likeness (QED) is 0.818. The number of rotatable bonds is 4. The van der Waals surface area contributed by atoms with Crippen molar-refractivity contribution in [2.45, 2.75) is 40.0 Å². The summed E-state index contributed by atoms with van der Waals surface area (Å²) in [6, 6.07) is 6.24. The summed E-state index contributed by atoms with van der Waals surface area (Å²) in [6.07, 6.45) is 2.75.